The highest BCUT2D eigenvalue weighted by Gasteiger charge is 2.31. The molecule has 0 saturated carbocycles. The normalized spacial score (nSPS) is 11.7. The third-order valence-electron chi connectivity index (χ3n) is 3.62. The molecular formula is C16H13F3N4O2S. The lowest BCUT2D eigenvalue weighted by Crippen LogP contribution is -2.24. The zero-order valence-electron chi connectivity index (χ0n) is 13.3. The summed E-state index contributed by atoms with van der Waals surface area (Å²) in [4.78, 5) is 24.3. The lowest BCUT2D eigenvalue weighted by Gasteiger charge is -2.08. The van der Waals surface area contributed by atoms with Gasteiger partial charge >= 0.3 is 6.18 Å². The molecule has 0 atom stereocenters. The maximum atomic E-state index is 12.8. The molecule has 3 aromatic heterocycles. The van der Waals surface area contributed by atoms with Crippen molar-refractivity contribution in [2.75, 3.05) is 0 Å². The maximum absolute atomic E-state index is 12.8. The van der Waals surface area contributed by atoms with E-state index in [4.69, 9.17) is 0 Å². The van der Waals surface area contributed by atoms with Crippen molar-refractivity contribution in [1.82, 2.24) is 19.9 Å². The number of nitrogens with zero attached hydrogens (tertiary/aromatic N) is 3. The smallest absolute Gasteiger partial charge is 0.349 e. The first-order valence-electron chi connectivity index (χ1n) is 7.59. The molecule has 0 aromatic carbocycles. The van der Waals surface area contributed by atoms with Crippen molar-refractivity contribution in [3.8, 4) is 0 Å². The molecule has 0 unspecified atom stereocenters. The predicted octanol–water partition coefficient (Wildman–Crippen LogP) is 3.09. The summed E-state index contributed by atoms with van der Waals surface area (Å²) in [5, 5.41) is 11.9. The second-order valence-electron chi connectivity index (χ2n) is 5.44. The Hall–Kier alpha value is -2.75. The van der Waals surface area contributed by atoms with Crippen LogP contribution in [0, 0.1) is 0 Å². The Morgan fingerprint density at radius 2 is 1.96 bits per heavy atom. The number of ketones is 1. The number of hydrogen-bond donors (Lipinski definition) is 1. The molecular weight excluding hydrogens is 369 g/mol. The van der Waals surface area contributed by atoms with Crippen molar-refractivity contribution < 1.29 is 22.8 Å². The van der Waals surface area contributed by atoms with Gasteiger partial charge in [0.1, 0.15) is 0 Å². The van der Waals surface area contributed by atoms with Gasteiger partial charge in [0, 0.05) is 19.0 Å². The fraction of sp³-hybridized carbons (Fsp3) is 0.250. The number of nitrogens with one attached hydrogen (secondary N) is 1. The topological polar surface area (TPSA) is 76.4 Å². The number of pyridine rings is 1. The van der Waals surface area contributed by atoms with Gasteiger partial charge in [-0.2, -0.15) is 13.2 Å². The molecule has 3 aromatic rings. The quantitative estimate of drug-likeness (QED) is 0.665. The predicted molar refractivity (Wildman–Crippen MR) is 87.7 cm³/mol. The van der Waals surface area contributed by atoms with Crippen LogP contribution in [0.3, 0.4) is 0 Å². The maximum Gasteiger partial charge on any atom is 0.417 e. The molecule has 1 N–H and O–H groups in total. The molecule has 1 amide bonds. The Bertz CT molecular complexity index is 935. The fourth-order valence-electron chi connectivity index (χ4n) is 2.28. The van der Waals surface area contributed by atoms with Gasteiger partial charge in [-0.3, -0.25) is 14.0 Å². The molecule has 0 aliphatic carbocycles. The third-order valence-corrected chi connectivity index (χ3v) is 4.53. The first kappa shape index (κ1) is 18.1. The minimum Gasteiger partial charge on any atom is -0.349 e. The van der Waals surface area contributed by atoms with Crippen molar-refractivity contribution in [3.05, 3.63) is 52.1 Å². The molecule has 6 nitrogen and oxygen atoms in total. The second kappa shape index (κ2) is 7.24. The lowest BCUT2D eigenvalue weighted by molar-refractivity contribution is -0.137. The number of rotatable bonds is 6. The summed E-state index contributed by atoms with van der Waals surface area (Å²) in [5.74, 6) is -0.347. The van der Waals surface area contributed by atoms with E-state index >= 15 is 0 Å². The van der Waals surface area contributed by atoms with Crippen LogP contribution in [-0.4, -0.2) is 26.3 Å². The zero-order chi connectivity index (χ0) is 18.7. The summed E-state index contributed by atoms with van der Waals surface area (Å²) in [5.41, 5.74) is -0.589. The van der Waals surface area contributed by atoms with Gasteiger partial charge in [0.15, 0.2) is 17.3 Å². The Morgan fingerprint density at radius 3 is 2.65 bits per heavy atom. The molecule has 0 spiro atoms. The molecule has 0 bridgehead atoms. The van der Waals surface area contributed by atoms with Crippen molar-refractivity contribution in [2.45, 2.75) is 25.6 Å². The van der Waals surface area contributed by atoms with E-state index in [9.17, 15) is 22.8 Å². The van der Waals surface area contributed by atoms with Crippen LogP contribution in [0.2, 0.25) is 0 Å². The highest BCUT2D eigenvalue weighted by Crippen LogP contribution is 2.29. The van der Waals surface area contributed by atoms with E-state index in [0.717, 1.165) is 12.3 Å². The molecule has 0 saturated heterocycles. The Labute approximate surface area is 149 Å². The monoisotopic (exact) mass is 382 g/mol. The van der Waals surface area contributed by atoms with Crippen molar-refractivity contribution >= 4 is 28.7 Å². The molecule has 10 heteroatoms. The Kier molecular flexibility index (Phi) is 5.03. The van der Waals surface area contributed by atoms with Gasteiger partial charge in [-0.05, 0) is 23.6 Å². The fourth-order valence-corrected chi connectivity index (χ4v) is 2.97. The van der Waals surface area contributed by atoms with Gasteiger partial charge in [0.25, 0.3) is 0 Å². The largest absolute Gasteiger partial charge is 0.417 e. The third kappa shape index (κ3) is 4.07. The lowest BCUT2D eigenvalue weighted by atomic mass is 10.2. The van der Waals surface area contributed by atoms with Crippen LogP contribution < -0.4 is 5.32 Å². The molecule has 0 radical (unpaired) electrons. The van der Waals surface area contributed by atoms with Crippen LogP contribution in [0.15, 0.2) is 35.8 Å². The summed E-state index contributed by atoms with van der Waals surface area (Å²) in [6.45, 7) is -0.0888. The van der Waals surface area contributed by atoms with E-state index in [-0.39, 0.29) is 36.6 Å². The van der Waals surface area contributed by atoms with Gasteiger partial charge in [-0.1, -0.05) is 6.07 Å². The van der Waals surface area contributed by atoms with Gasteiger partial charge in [-0.25, -0.2) is 0 Å². The number of hydrogen-bond acceptors (Lipinski definition) is 5. The van der Waals surface area contributed by atoms with Crippen molar-refractivity contribution in [1.29, 1.82) is 0 Å². The highest BCUT2D eigenvalue weighted by molar-refractivity contribution is 7.12. The summed E-state index contributed by atoms with van der Waals surface area (Å²) in [6, 6.07) is 5.57. The van der Waals surface area contributed by atoms with E-state index in [1.165, 1.54) is 21.8 Å². The van der Waals surface area contributed by atoms with Gasteiger partial charge in [-0.15, -0.1) is 21.5 Å². The zero-order valence-corrected chi connectivity index (χ0v) is 14.1. The van der Waals surface area contributed by atoms with Crippen LogP contribution in [0.5, 0.6) is 0 Å². The molecule has 3 rings (SSSR count). The second-order valence-corrected chi connectivity index (χ2v) is 6.38. The molecule has 0 aliphatic heterocycles. The van der Waals surface area contributed by atoms with E-state index in [1.54, 1.807) is 17.5 Å². The number of thiophene rings is 1. The minimum atomic E-state index is -4.48. The average molecular weight is 382 g/mol. The highest BCUT2D eigenvalue weighted by atomic mass is 32.1. The molecule has 136 valence electrons. The number of aromatic nitrogens is 3. The number of alkyl halides is 3. The number of halogens is 3. The Balaban J connectivity index is 1.60. The first-order valence-corrected chi connectivity index (χ1v) is 8.47. The number of fused-ring (bicyclic) bond motifs is 1. The Morgan fingerprint density at radius 1 is 1.15 bits per heavy atom. The number of Topliss-reactive ketones (excluding diaryl/α,β-unsaturated/α-hetero) is 1. The van der Waals surface area contributed by atoms with E-state index in [0.29, 0.717) is 4.88 Å². The summed E-state index contributed by atoms with van der Waals surface area (Å²) < 4.78 is 39.6. The number of carbonyl (C=O) groups excluding carboxylic acids is 2. The number of amides is 1. The van der Waals surface area contributed by atoms with Gasteiger partial charge in [0.05, 0.1) is 17.0 Å². The molecule has 0 aliphatic rings. The van der Waals surface area contributed by atoms with E-state index in [2.05, 4.69) is 15.5 Å². The van der Waals surface area contributed by atoms with Crippen molar-refractivity contribution in [3.63, 3.8) is 0 Å². The molecule has 0 fully saturated rings. The van der Waals surface area contributed by atoms with Crippen LogP contribution in [0.4, 0.5) is 13.2 Å². The van der Waals surface area contributed by atoms with Crippen LogP contribution in [0.1, 0.15) is 33.9 Å². The summed E-state index contributed by atoms with van der Waals surface area (Å²) in [6.07, 6.45) is -3.55. The summed E-state index contributed by atoms with van der Waals surface area (Å²) in [7, 11) is 0. The molecule has 3 heterocycles. The molecule has 26 heavy (non-hydrogen) atoms. The van der Waals surface area contributed by atoms with E-state index in [1.807, 2.05) is 0 Å². The van der Waals surface area contributed by atoms with Crippen LogP contribution >= 0.6 is 11.3 Å². The van der Waals surface area contributed by atoms with Gasteiger partial charge in [0.2, 0.25) is 5.91 Å². The van der Waals surface area contributed by atoms with Gasteiger partial charge < -0.3 is 5.32 Å². The van der Waals surface area contributed by atoms with Crippen LogP contribution in [-0.2, 0) is 17.5 Å². The van der Waals surface area contributed by atoms with Crippen molar-refractivity contribution in [2.24, 2.45) is 0 Å². The standard InChI is InChI=1S/C16H13F3N4O2S/c17-16(18,19)10-3-5-13-21-22-14(23(13)9-10)8-20-15(25)6-4-11(24)12-2-1-7-26-12/h1-3,5,7,9H,4,6,8H2,(H,20,25). The first-order chi connectivity index (χ1) is 12.3. The van der Waals surface area contributed by atoms with Crippen LogP contribution in [0.25, 0.3) is 5.65 Å². The minimum absolute atomic E-state index is 0.0126. The number of carbonyl (C=O) groups is 2. The summed E-state index contributed by atoms with van der Waals surface area (Å²) >= 11 is 1.30. The van der Waals surface area contributed by atoms with E-state index < -0.39 is 17.6 Å². The SMILES string of the molecule is O=C(CCC(=O)c1cccs1)NCc1nnc2ccc(C(F)(F)F)cn12. The average Bonchev–Trinajstić information content (AvgIpc) is 3.26.